The number of methoxy groups -OCH3 is 1. The minimum Gasteiger partial charge on any atom is -0.383 e. The van der Waals surface area contributed by atoms with Gasteiger partial charge in [0.15, 0.2) is 0 Å². The maximum atomic E-state index is 12.2. The monoisotopic (exact) mass is 359 g/mol. The average molecular weight is 361 g/mol. The second kappa shape index (κ2) is 6.95. The van der Waals surface area contributed by atoms with Crippen LogP contribution < -0.4 is 0 Å². The quantitative estimate of drug-likeness (QED) is 0.757. The first kappa shape index (κ1) is 17.5. The van der Waals surface area contributed by atoms with Gasteiger partial charge in [-0.2, -0.15) is 0 Å². The molecular formula is C11H12Cl3NO4S. The summed E-state index contributed by atoms with van der Waals surface area (Å²) in [7, 11) is 4.20. The average Bonchev–Trinajstić information content (AvgIpc) is 2.36. The van der Waals surface area contributed by atoms with Gasteiger partial charge in [0.1, 0.15) is 4.90 Å². The molecule has 1 aromatic carbocycles. The lowest BCUT2D eigenvalue weighted by atomic mass is 10.2. The van der Waals surface area contributed by atoms with E-state index in [1.54, 1.807) is 0 Å². The molecule has 112 valence electrons. The standard InChI is InChI=1S/C11H12Cl3NO4S/c1-15(3-4-19-2)11(16)8-5-7(12)6-9(10(8)13)20(14,17)18/h5-6H,3-4H2,1-2H3. The van der Waals surface area contributed by atoms with Gasteiger partial charge < -0.3 is 9.64 Å². The predicted octanol–water partition coefficient (Wildman–Crippen LogP) is 2.64. The topological polar surface area (TPSA) is 63.7 Å². The van der Waals surface area contributed by atoms with Gasteiger partial charge in [-0.25, -0.2) is 8.42 Å². The van der Waals surface area contributed by atoms with Crippen molar-refractivity contribution >= 4 is 48.8 Å². The van der Waals surface area contributed by atoms with Crippen LogP contribution in [0, 0.1) is 0 Å². The Morgan fingerprint density at radius 3 is 2.45 bits per heavy atom. The number of carbonyl (C=O) groups is 1. The zero-order chi connectivity index (χ0) is 15.5. The third kappa shape index (κ3) is 4.23. The zero-order valence-corrected chi connectivity index (χ0v) is 13.8. The third-order valence-corrected chi connectivity index (χ3v) is 4.56. The summed E-state index contributed by atoms with van der Waals surface area (Å²) in [6, 6.07) is 2.39. The van der Waals surface area contributed by atoms with E-state index in [0.717, 1.165) is 6.07 Å². The highest BCUT2D eigenvalue weighted by Gasteiger charge is 2.23. The normalized spacial score (nSPS) is 11.4. The SMILES string of the molecule is COCCN(C)C(=O)c1cc(Cl)cc(S(=O)(=O)Cl)c1Cl. The number of likely N-dealkylation sites (N-methyl/N-ethyl adjacent to an activating group) is 1. The molecule has 1 rings (SSSR count). The highest BCUT2D eigenvalue weighted by molar-refractivity contribution is 8.13. The highest BCUT2D eigenvalue weighted by atomic mass is 35.7. The number of ether oxygens (including phenoxy) is 1. The molecule has 0 saturated heterocycles. The van der Waals surface area contributed by atoms with Crippen molar-refractivity contribution < 1.29 is 17.9 Å². The largest absolute Gasteiger partial charge is 0.383 e. The number of carbonyl (C=O) groups excluding carboxylic acids is 1. The smallest absolute Gasteiger partial charge is 0.262 e. The summed E-state index contributed by atoms with van der Waals surface area (Å²) in [5.74, 6) is -0.476. The van der Waals surface area contributed by atoms with Crippen LogP contribution in [0.15, 0.2) is 17.0 Å². The van der Waals surface area contributed by atoms with Crippen LogP contribution in [0.25, 0.3) is 0 Å². The first-order chi connectivity index (χ1) is 9.18. The third-order valence-electron chi connectivity index (χ3n) is 2.47. The number of rotatable bonds is 5. The molecule has 1 aromatic rings. The fourth-order valence-corrected chi connectivity index (χ4v) is 3.29. The van der Waals surface area contributed by atoms with Crippen molar-refractivity contribution in [1.82, 2.24) is 4.90 Å². The van der Waals surface area contributed by atoms with Crippen LogP contribution in [0.2, 0.25) is 10.0 Å². The molecule has 0 radical (unpaired) electrons. The highest BCUT2D eigenvalue weighted by Crippen LogP contribution is 2.32. The van der Waals surface area contributed by atoms with Crippen molar-refractivity contribution in [2.75, 3.05) is 27.3 Å². The molecule has 0 heterocycles. The lowest BCUT2D eigenvalue weighted by Crippen LogP contribution is -2.30. The van der Waals surface area contributed by atoms with E-state index < -0.39 is 19.9 Å². The van der Waals surface area contributed by atoms with Crippen LogP contribution in [0.5, 0.6) is 0 Å². The summed E-state index contributed by atoms with van der Waals surface area (Å²) in [6.07, 6.45) is 0. The van der Waals surface area contributed by atoms with Crippen molar-refractivity contribution in [2.24, 2.45) is 0 Å². The van der Waals surface area contributed by atoms with E-state index in [2.05, 4.69) is 0 Å². The molecule has 0 aliphatic carbocycles. The molecule has 1 amide bonds. The summed E-state index contributed by atoms with van der Waals surface area (Å²) < 4.78 is 27.7. The summed E-state index contributed by atoms with van der Waals surface area (Å²) in [6.45, 7) is 0.655. The summed E-state index contributed by atoms with van der Waals surface area (Å²) in [5, 5.41) is -0.198. The van der Waals surface area contributed by atoms with Crippen LogP contribution in [0.4, 0.5) is 0 Å². The van der Waals surface area contributed by atoms with Crippen LogP contribution in [0.1, 0.15) is 10.4 Å². The first-order valence-electron chi connectivity index (χ1n) is 5.36. The van der Waals surface area contributed by atoms with Gasteiger partial charge in [-0.05, 0) is 12.1 Å². The Labute approximate surface area is 131 Å². The predicted molar refractivity (Wildman–Crippen MR) is 78.3 cm³/mol. The Hall–Kier alpha value is -0.530. The van der Waals surface area contributed by atoms with Gasteiger partial charge in [0.25, 0.3) is 15.0 Å². The molecule has 0 aliphatic rings. The van der Waals surface area contributed by atoms with E-state index in [0.29, 0.717) is 13.2 Å². The molecule has 9 heteroatoms. The molecule has 0 aliphatic heterocycles. The van der Waals surface area contributed by atoms with Gasteiger partial charge in [-0.1, -0.05) is 23.2 Å². The summed E-state index contributed by atoms with van der Waals surface area (Å²) >= 11 is 11.7. The summed E-state index contributed by atoms with van der Waals surface area (Å²) in [4.78, 5) is 13.1. The fraction of sp³-hybridized carbons (Fsp3) is 0.364. The molecule has 0 spiro atoms. The Morgan fingerprint density at radius 2 is 1.95 bits per heavy atom. The minimum atomic E-state index is -4.09. The molecule has 0 bridgehead atoms. The number of amides is 1. The van der Waals surface area contributed by atoms with Crippen LogP contribution in [-0.4, -0.2) is 46.5 Å². The fourth-order valence-electron chi connectivity index (χ4n) is 1.43. The van der Waals surface area contributed by atoms with E-state index in [1.165, 1.54) is 25.1 Å². The van der Waals surface area contributed by atoms with Crippen molar-refractivity contribution in [3.63, 3.8) is 0 Å². The maximum Gasteiger partial charge on any atom is 0.262 e. The molecule has 0 fully saturated rings. The van der Waals surface area contributed by atoms with E-state index in [1.807, 2.05) is 0 Å². The van der Waals surface area contributed by atoms with E-state index in [4.69, 9.17) is 38.6 Å². The van der Waals surface area contributed by atoms with E-state index >= 15 is 0 Å². The Balaban J connectivity index is 3.26. The number of nitrogens with zero attached hydrogens (tertiary/aromatic N) is 1. The summed E-state index contributed by atoms with van der Waals surface area (Å²) in [5.41, 5.74) is -0.0306. The minimum absolute atomic E-state index is 0.0306. The van der Waals surface area contributed by atoms with Crippen LogP contribution >= 0.6 is 33.9 Å². The number of hydrogen-bond acceptors (Lipinski definition) is 4. The molecule has 0 saturated carbocycles. The van der Waals surface area contributed by atoms with Crippen molar-refractivity contribution in [2.45, 2.75) is 4.90 Å². The maximum absolute atomic E-state index is 12.2. The van der Waals surface area contributed by atoms with Gasteiger partial charge in [0.05, 0.1) is 17.2 Å². The van der Waals surface area contributed by atoms with Gasteiger partial charge in [-0.3, -0.25) is 4.79 Å². The Bertz CT molecular complexity index is 618. The van der Waals surface area contributed by atoms with Gasteiger partial charge >= 0.3 is 0 Å². The molecule has 0 unspecified atom stereocenters. The molecule has 0 aromatic heterocycles. The molecule has 0 atom stereocenters. The Kier molecular flexibility index (Phi) is 6.09. The molecular weight excluding hydrogens is 349 g/mol. The second-order valence-electron chi connectivity index (χ2n) is 3.92. The number of hydrogen-bond donors (Lipinski definition) is 0. The van der Waals surface area contributed by atoms with Gasteiger partial charge in [-0.15, -0.1) is 0 Å². The second-order valence-corrected chi connectivity index (χ2v) is 7.27. The van der Waals surface area contributed by atoms with E-state index in [-0.39, 0.29) is 15.6 Å². The van der Waals surface area contributed by atoms with Crippen molar-refractivity contribution in [3.8, 4) is 0 Å². The van der Waals surface area contributed by atoms with Gasteiger partial charge in [0, 0.05) is 36.4 Å². The number of benzene rings is 1. The molecule has 20 heavy (non-hydrogen) atoms. The van der Waals surface area contributed by atoms with Crippen LogP contribution in [-0.2, 0) is 13.8 Å². The van der Waals surface area contributed by atoms with Crippen molar-refractivity contribution in [3.05, 3.63) is 27.7 Å². The zero-order valence-electron chi connectivity index (χ0n) is 10.7. The van der Waals surface area contributed by atoms with Crippen molar-refractivity contribution in [1.29, 1.82) is 0 Å². The lowest BCUT2D eigenvalue weighted by molar-refractivity contribution is 0.0744. The molecule has 5 nitrogen and oxygen atoms in total. The Morgan fingerprint density at radius 1 is 1.35 bits per heavy atom. The first-order valence-corrected chi connectivity index (χ1v) is 8.43. The molecule has 0 N–H and O–H groups in total. The van der Waals surface area contributed by atoms with E-state index in [9.17, 15) is 13.2 Å². The number of halogens is 3. The van der Waals surface area contributed by atoms with Gasteiger partial charge in [0.2, 0.25) is 0 Å². The van der Waals surface area contributed by atoms with Crippen LogP contribution in [0.3, 0.4) is 0 Å². The lowest BCUT2D eigenvalue weighted by Gasteiger charge is -2.18.